The smallest absolute Gasteiger partial charge is 0.0710 e. The summed E-state index contributed by atoms with van der Waals surface area (Å²) < 4.78 is 5.86. The van der Waals surface area contributed by atoms with Crippen LogP contribution in [0.25, 0.3) is 11.3 Å². The van der Waals surface area contributed by atoms with E-state index in [9.17, 15) is 0 Å². The van der Waals surface area contributed by atoms with Crippen LogP contribution in [0.2, 0.25) is 0 Å². The summed E-state index contributed by atoms with van der Waals surface area (Å²) in [7, 11) is 0. The number of aromatic nitrogens is 3. The minimum atomic E-state index is 0.0739. The van der Waals surface area contributed by atoms with Crippen molar-refractivity contribution in [2.45, 2.75) is 52.0 Å². The van der Waals surface area contributed by atoms with E-state index in [1.165, 1.54) is 0 Å². The average molecular weight is 343 g/mol. The fourth-order valence-corrected chi connectivity index (χ4v) is 3.49. The molecule has 1 aliphatic heterocycles. The molecule has 0 aliphatic carbocycles. The van der Waals surface area contributed by atoms with Crippen molar-refractivity contribution < 1.29 is 4.74 Å². The second kappa shape index (κ2) is 7.64. The molecule has 2 aromatic rings. The Morgan fingerprint density at radius 1 is 1.28 bits per heavy atom. The fraction of sp³-hybridized carbons (Fsp3) is 0.579. The lowest BCUT2D eigenvalue weighted by atomic mass is 10.00. The van der Waals surface area contributed by atoms with Crippen LogP contribution in [-0.4, -0.2) is 57.5 Å². The van der Waals surface area contributed by atoms with Gasteiger partial charge in [-0.05, 0) is 39.8 Å². The van der Waals surface area contributed by atoms with Gasteiger partial charge in [-0.15, -0.1) is 0 Å². The van der Waals surface area contributed by atoms with Gasteiger partial charge >= 0.3 is 0 Å². The molecule has 25 heavy (non-hydrogen) atoms. The van der Waals surface area contributed by atoms with Gasteiger partial charge in [0, 0.05) is 55.2 Å². The van der Waals surface area contributed by atoms with Crippen molar-refractivity contribution in [3.63, 3.8) is 0 Å². The van der Waals surface area contributed by atoms with Crippen LogP contribution >= 0.6 is 0 Å². The van der Waals surface area contributed by atoms with E-state index in [-0.39, 0.29) is 17.7 Å². The number of morpholine rings is 1. The first-order chi connectivity index (χ1) is 12.0. The van der Waals surface area contributed by atoms with Crippen LogP contribution in [0, 0.1) is 0 Å². The number of nitrogens with one attached hydrogen (secondary N) is 2. The first-order valence-corrected chi connectivity index (χ1v) is 8.99. The number of H-pyrrole nitrogens is 1. The normalized spacial score (nSPS) is 22.2. The Balaban J connectivity index is 1.59. The molecule has 1 saturated heterocycles. The van der Waals surface area contributed by atoms with E-state index < -0.39 is 0 Å². The molecule has 6 heteroatoms. The summed E-state index contributed by atoms with van der Waals surface area (Å²) >= 11 is 0. The highest BCUT2D eigenvalue weighted by molar-refractivity contribution is 5.61. The van der Waals surface area contributed by atoms with Gasteiger partial charge < -0.3 is 10.1 Å². The average Bonchev–Trinajstić information content (AvgIpc) is 3.03. The van der Waals surface area contributed by atoms with E-state index in [1.54, 1.807) is 6.20 Å². The molecule has 0 aromatic carbocycles. The van der Waals surface area contributed by atoms with E-state index in [1.807, 2.05) is 24.5 Å². The molecule has 1 fully saturated rings. The standard InChI is InChI=1S/C19H29N5O/c1-14-11-24(12-15(2)25-14)19(3,4)13-21-9-17-10-22-23-18(17)16-6-5-7-20-8-16/h5-8,10,14-15,21H,9,11-13H2,1-4H3,(H,22,23). The van der Waals surface area contributed by atoms with Crippen LogP contribution in [0.5, 0.6) is 0 Å². The summed E-state index contributed by atoms with van der Waals surface area (Å²) in [5.41, 5.74) is 3.33. The van der Waals surface area contributed by atoms with Crippen molar-refractivity contribution >= 4 is 0 Å². The van der Waals surface area contributed by atoms with Gasteiger partial charge in [-0.25, -0.2) is 0 Å². The topological polar surface area (TPSA) is 66.1 Å². The minimum Gasteiger partial charge on any atom is -0.373 e. The van der Waals surface area contributed by atoms with Crippen molar-refractivity contribution in [2.75, 3.05) is 19.6 Å². The molecule has 136 valence electrons. The molecule has 6 nitrogen and oxygen atoms in total. The van der Waals surface area contributed by atoms with Gasteiger partial charge in [0.1, 0.15) is 0 Å². The molecule has 0 spiro atoms. The Morgan fingerprint density at radius 3 is 2.72 bits per heavy atom. The highest BCUT2D eigenvalue weighted by Crippen LogP contribution is 2.22. The fourth-order valence-electron chi connectivity index (χ4n) is 3.49. The molecule has 2 N–H and O–H groups in total. The quantitative estimate of drug-likeness (QED) is 0.843. The van der Waals surface area contributed by atoms with Crippen LogP contribution in [0.3, 0.4) is 0 Å². The molecule has 0 saturated carbocycles. The number of rotatable bonds is 6. The number of pyridine rings is 1. The second-order valence-electron chi connectivity index (χ2n) is 7.59. The highest BCUT2D eigenvalue weighted by atomic mass is 16.5. The molecule has 2 atom stereocenters. The van der Waals surface area contributed by atoms with E-state index >= 15 is 0 Å². The Hall–Kier alpha value is -1.76. The number of ether oxygens (including phenoxy) is 1. The number of hydrogen-bond acceptors (Lipinski definition) is 5. The minimum absolute atomic E-state index is 0.0739. The molecule has 3 heterocycles. The molecular formula is C19H29N5O. The van der Waals surface area contributed by atoms with Crippen molar-refractivity contribution in [3.8, 4) is 11.3 Å². The molecule has 3 rings (SSSR count). The van der Waals surface area contributed by atoms with Gasteiger partial charge in [0.15, 0.2) is 0 Å². The van der Waals surface area contributed by atoms with Crippen LogP contribution in [0.4, 0.5) is 0 Å². The monoisotopic (exact) mass is 343 g/mol. The van der Waals surface area contributed by atoms with E-state index in [4.69, 9.17) is 4.74 Å². The lowest BCUT2D eigenvalue weighted by molar-refractivity contribution is -0.0952. The third-order valence-electron chi connectivity index (χ3n) is 4.82. The molecule has 0 bridgehead atoms. The second-order valence-corrected chi connectivity index (χ2v) is 7.59. The lowest BCUT2D eigenvalue weighted by Crippen LogP contribution is -2.58. The van der Waals surface area contributed by atoms with Gasteiger partial charge in [-0.3, -0.25) is 15.0 Å². The molecule has 2 aromatic heterocycles. The van der Waals surface area contributed by atoms with Gasteiger partial charge in [-0.1, -0.05) is 0 Å². The highest BCUT2D eigenvalue weighted by Gasteiger charge is 2.32. The first kappa shape index (κ1) is 18.0. The summed E-state index contributed by atoms with van der Waals surface area (Å²) in [4.78, 5) is 6.71. The maximum atomic E-state index is 5.86. The van der Waals surface area contributed by atoms with Crippen molar-refractivity contribution in [1.29, 1.82) is 0 Å². The zero-order valence-corrected chi connectivity index (χ0v) is 15.6. The van der Waals surface area contributed by atoms with Crippen molar-refractivity contribution in [1.82, 2.24) is 25.4 Å². The van der Waals surface area contributed by atoms with Crippen molar-refractivity contribution in [2.24, 2.45) is 0 Å². The molecule has 1 aliphatic rings. The summed E-state index contributed by atoms with van der Waals surface area (Å²) in [6.45, 7) is 12.5. The Bertz CT molecular complexity index is 659. The van der Waals surface area contributed by atoms with Gasteiger partial charge in [0.25, 0.3) is 0 Å². The molecule has 2 unspecified atom stereocenters. The third kappa shape index (κ3) is 4.45. The third-order valence-corrected chi connectivity index (χ3v) is 4.82. The van der Waals surface area contributed by atoms with Crippen LogP contribution in [0.15, 0.2) is 30.7 Å². The van der Waals surface area contributed by atoms with Crippen LogP contribution < -0.4 is 5.32 Å². The summed E-state index contributed by atoms with van der Waals surface area (Å²) in [5.74, 6) is 0. The zero-order chi connectivity index (χ0) is 17.9. The Kier molecular flexibility index (Phi) is 5.51. The maximum Gasteiger partial charge on any atom is 0.0710 e. The Morgan fingerprint density at radius 2 is 2.04 bits per heavy atom. The summed E-state index contributed by atoms with van der Waals surface area (Å²) in [6.07, 6.45) is 6.10. The summed E-state index contributed by atoms with van der Waals surface area (Å²) in [6, 6.07) is 3.99. The predicted octanol–water partition coefficient (Wildman–Crippen LogP) is 2.45. The number of nitrogens with zero attached hydrogens (tertiary/aromatic N) is 3. The van der Waals surface area contributed by atoms with E-state index in [0.29, 0.717) is 0 Å². The molecule has 0 amide bonds. The van der Waals surface area contributed by atoms with Crippen LogP contribution in [-0.2, 0) is 11.3 Å². The lowest BCUT2D eigenvalue weighted by Gasteiger charge is -2.45. The van der Waals surface area contributed by atoms with Gasteiger partial charge in [0.2, 0.25) is 0 Å². The first-order valence-electron chi connectivity index (χ1n) is 8.99. The van der Waals surface area contributed by atoms with E-state index in [0.717, 1.165) is 43.0 Å². The largest absolute Gasteiger partial charge is 0.373 e. The SMILES string of the molecule is CC1CN(C(C)(C)CNCc2cn[nH]c2-c2cccnc2)CC(C)O1. The maximum absolute atomic E-state index is 5.86. The predicted molar refractivity (Wildman–Crippen MR) is 99.2 cm³/mol. The van der Waals surface area contributed by atoms with Crippen molar-refractivity contribution in [3.05, 3.63) is 36.3 Å². The van der Waals surface area contributed by atoms with E-state index in [2.05, 4.69) is 53.1 Å². The zero-order valence-electron chi connectivity index (χ0n) is 15.6. The van der Waals surface area contributed by atoms with Gasteiger partial charge in [0.05, 0.1) is 24.1 Å². The molecular weight excluding hydrogens is 314 g/mol. The van der Waals surface area contributed by atoms with Gasteiger partial charge in [-0.2, -0.15) is 5.10 Å². The number of aromatic amines is 1. The Labute approximate surface area is 150 Å². The summed E-state index contributed by atoms with van der Waals surface area (Å²) in [5, 5.41) is 10.9. The van der Waals surface area contributed by atoms with Crippen LogP contribution in [0.1, 0.15) is 33.3 Å². The molecule has 0 radical (unpaired) electrons. The number of hydrogen-bond donors (Lipinski definition) is 2.